The Bertz CT molecular complexity index is 924. The zero-order valence-corrected chi connectivity index (χ0v) is 18.3. The average molecular weight is 428 g/mol. The van der Waals surface area contributed by atoms with Crippen molar-refractivity contribution in [2.75, 3.05) is 30.4 Å². The van der Waals surface area contributed by atoms with Crippen molar-refractivity contribution in [1.82, 2.24) is 4.90 Å². The molecule has 1 heterocycles. The molecule has 0 radical (unpaired) electrons. The SMILES string of the molecule is COc1ccccc1CN(C(=O)Nc1ccc(N2C[C@@H](C)O[C@@H](C)C2)c(F)c1)C1CC1. The maximum atomic E-state index is 14.9. The number of carbonyl (C=O) groups is 1. The molecule has 1 aliphatic heterocycles. The van der Waals surface area contributed by atoms with Crippen LogP contribution in [0.1, 0.15) is 32.3 Å². The number of morpholine rings is 1. The first kappa shape index (κ1) is 21.4. The van der Waals surface area contributed by atoms with Crippen LogP contribution in [0.5, 0.6) is 5.75 Å². The molecule has 1 saturated heterocycles. The first-order valence-electron chi connectivity index (χ1n) is 10.8. The maximum Gasteiger partial charge on any atom is 0.322 e. The third-order valence-electron chi connectivity index (χ3n) is 5.74. The van der Waals surface area contributed by atoms with Gasteiger partial charge in [0, 0.05) is 30.4 Å². The third kappa shape index (κ3) is 5.10. The summed E-state index contributed by atoms with van der Waals surface area (Å²) in [5, 5.41) is 2.87. The van der Waals surface area contributed by atoms with Crippen molar-refractivity contribution in [1.29, 1.82) is 0 Å². The lowest BCUT2D eigenvalue weighted by Gasteiger charge is -2.37. The number of nitrogens with zero attached hydrogens (tertiary/aromatic N) is 2. The normalized spacial score (nSPS) is 21.0. The lowest BCUT2D eigenvalue weighted by atomic mass is 10.1. The Morgan fingerprint density at radius 1 is 1.19 bits per heavy atom. The Balaban J connectivity index is 1.46. The van der Waals surface area contributed by atoms with Gasteiger partial charge in [-0.3, -0.25) is 0 Å². The van der Waals surface area contributed by atoms with E-state index in [0.29, 0.717) is 31.0 Å². The number of urea groups is 1. The summed E-state index contributed by atoms with van der Waals surface area (Å²) < 4.78 is 26.1. The summed E-state index contributed by atoms with van der Waals surface area (Å²) in [6, 6.07) is 12.5. The fourth-order valence-electron chi connectivity index (χ4n) is 4.18. The lowest BCUT2D eigenvalue weighted by Crippen LogP contribution is -2.45. The standard InChI is InChI=1S/C24H30FN3O3/c1-16-13-27(14-17(2)31-16)22-11-8-19(12-21(22)25)26-24(29)28(20-9-10-20)15-18-6-4-5-7-23(18)30-3/h4-8,11-12,16-17,20H,9-10,13-15H2,1-3H3,(H,26,29)/t16-,17+. The van der Waals surface area contributed by atoms with E-state index in [1.54, 1.807) is 24.1 Å². The van der Waals surface area contributed by atoms with E-state index in [9.17, 15) is 9.18 Å². The lowest BCUT2D eigenvalue weighted by molar-refractivity contribution is -0.00539. The summed E-state index contributed by atoms with van der Waals surface area (Å²) in [5.41, 5.74) is 1.93. The fraction of sp³-hybridized carbons (Fsp3) is 0.458. The second-order valence-electron chi connectivity index (χ2n) is 8.43. The van der Waals surface area contributed by atoms with Gasteiger partial charge in [-0.1, -0.05) is 18.2 Å². The van der Waals surface area contributed by atoms with Crippen LogP contribution in [0.25, 0.3) is 0 Å². The van der Waals surface area contributed by atoms with Crippen LogP contribution in [0.15, 0.2) is 42.5 Å². The first-order valence-corrected chi connectivity index (χ1v) is 10.8. The molecular formula is C24H30FN3O3. The largest absolute Gasteiger partial charge is 0.496 e. The van der Waals surface area contributed by atoms with Crippen molar-refractivity contribution in [3.05, 3.63) is 53.8 Å². The van der Waals surface area contributed by atoms with Crippen LogP contribution < -0.4 is 15.0 Å². The van der Waals surface area contributed by atoms with E-state index in [1.807, 2.05) is 43.0 Å². The number of hydrogen-bond acceptors (Lipinski definition) is 4. The van der Waals surface area contributed by atoms with Gasteiger partial charge in [-0.25, -0.2) is 9.18 Å². The van der Waals surface area contributed by atoms with Crippen molar-refractivity contribution in [2.24, 2.45) is 0 Å². The average Bonchev–Trinajstić information content (AvgIpc) is 3.56. The van der Waals surface area contributed by atoms with E-state index in [0.717, 1.165) is 24.2 Å². The van der Waals surface area contributed by atoms with Crippen LogP contribution in [0, 0.1) is 5.82 Å². The van der Waals surface area contributed by atoms with Crippen molar-refractivity contribution >= 4 is 17.4 Å². The highest BCUT2D eigenvalue weighted by atomic mass is 19.1. The van der Waals surface area contributed by atoms with Crippen LogP contribution >= 0.6 is 0 Å². The quantitative estimate of drug-likeness (QED) is 0.730. The van der Waals surface area contributed by atoms with Crippen LogP contribution in [0.3, 0.4) is 0 Å². The minimum Gasteiger partial charge on any atom is -0.496 e. The Morgan fingerprint density at radius 3 is 2.55 bits per heavy atom. The van der Waals surface area contributed by atoms with Crippen LogP contribution in [-0.4, -0.2) is 49.4 Å². The summed E-state index contributed by atoms with van der Waals surface area (Å²) in [4.78, 5) is 16.8. The van der Waals surface area contributed by atoms with Gasteiger partial charge in [-0.15, -0.1) is 0 Å². The number of anilines is 2. The molecule has 1 saturated carbocycles. The van der Waals surface area contributed by atoms with Gasteiger partial charge >= 0.3 is 6.03 Å². The second-order valence-corrected chi connectivity index (χ2v) is 8.43. The van der Waals surface area contributed by atoms with E-state index in [2.05, 4.69) is 5.32 Å². The number of halogens is 1. The highest BCUT2D eigenvalue weighted by Crippen LogP contribution is 2.32. The topological polar surface area (TPSA) is 54.0 Å². The van der Waals surface area contributed by atoms with Crippen molar-refractivity contribution in [3.63, 3.8) is 0 Å². The number of para-hydroxylation sites is 1. The van der Waals surface area contributed by atoms with Gasteiger partial charge < -0.3 is 24.6 Å². The van der Waals surface area contributed by atoms with Crippen LogP contribution in [0.4, 0.5) is 20.6 Å². The second kappa shape index (κ2) is 9.14. The van der Waals surface area contributed by atoms with Gasteiger partial charge in [-0.2, -0.15) is 0 Å². The number of ether oxygens (including phenoxy) is 2. The van der Waals surface area contributed by atoms with E-state index in [-0.39, 0.29) is 30.1 Å². The molecule has 2 aromatic carbocycles. The highest BCUT2D eigenvalue weighted by Gasteiger charge is 2.33. The number of rotatable bonds is 6. The molecule has 1 N–H and O–H groups in total. The summed E-state index contributed by atoms with van der Waals surface area (Å²) >= 11 is 0. The Morgan fingerprint density at radius 2 is 1.90 bits per heavy atom. The molecule has 166 valence electrons. The zero-order chi connectivity index (χ0) is 22.0. The van der Waals surface area contributed by atoms with Crippen molar-refractivity contribution in [3.8, 4) is 5.75 Å². The van der Waals surface area contributed by atoms with Gasteiger partial charge in [0.05, 0.1) is 31.5 Å². The van der Waals surface area contributed by atoms with Gasteiger partial charge in [-0.05, 0) is 51.0 Å². The van der Waals surface area contributed by atoms with E-state index in [1.165, 1.54) is 6.07 Å². The number of carbonyl (C=O) groups excluding carboxylic acids is 1. The molecule has 2 atom stereocenters. The molecule has 2 aromatic rings. The van der Waals surface area contributed by atoms with Gasteiger partial charge in [0.2, 0.25) is 0 Å². The molecule has 4 rings (SSSR count). The van der Waals surface area contributed by atoms with Gasteiger partial charge in [0.1, 0.15) is 11.6 Å². The fourth-order valence-corrected chi connectivity index (χ4v) is 4.18. The minimum atomic E-state index is -0.346. The van der Waals surface area contributed by atoms with Crippen LogP contribution in [-0.2, 0) is 11.3 Å². The molecule has 7 heteroatoms. The monoisotopic (exact) mass is 427 g/mol. The molecule has 1 aliphatic carbocycles. The summed E-state index contributed by atoms with van der Waals surface area (Å²) in [6.07, 6.45) is 2.04. The maximum absolute atomic E-state index is 14.9. The minimum absolute atomic E-state index is 0.0459. The highest BCUT2D eigenvalue weighted by molar-refractivity contribution is 5.90. The number of nitrogens with one attached hydrogen (secondary N) is 1. The zero-order valence-electron chi connectivity index (χ0n) is 18.3. The van der Waals surface area contributed by atoms with E-state index >= 15 is 0 Å². The molecule has 2 fully saturated rings. The number of hydrogen-bond donors (Lipinski definition) is 1. The summed E-state index contributed by atoms with van der Waals surface area (Å²) in [7, 11) is 1.63. The molecule has 2 amide bonds. The first-order chi connectivity index (χ1) is 14.9. The molecule has 31 heavy (non-hydrogen) atoms. The molecule has 0 bridgehead atoms. The molecule has 0 spiro atoms. The number of benzene rings is 2. The van der Waals surface area contributed by atoms with E-state index < -0.39 is 0 Å². The summed E-state index contributed by atoms with van der Waals surface area (Å²) in [6.45, 7) is 5.71. The number of methoxy groups -OCH3 is 1. The van der Waals surface area contributed by atoms with Crippen molar-refractivity contribution < 1.29 is 18.7 Å². The molecule has 6 nitrogen and oxygen atoms in total. The smallest absolute Gasteiger partial charge is 0.322 e. The third-order valence-corrected chi connectivity index (χ3v) is 5.74. The summed E-state index contributed by atoms with van der Waals surface area (Å²) in [5.74, 6) is 0.409. The molecule has 0 unspecified atom stereocenters. The number of amides is 2. The van der Waals surface area contributed by atoms with Gasteiger partial charge in [0.25, 0.3) is 0 Å². The Hall–Kier alpha value is -2.80. The van der Waals surface area contributed by atoms with Crippen LogP contribution in [0.2, 0.25) is 0 Å². The molecule has 0 aromatic heterocycles. The molecular weight excluding hydrogens is 397 g/mol. The van der Waals surface area contributed by atoms with Gasteiger partial charge in [0.15, 0.2) is 0 Å². The predicted octanol–water partition coefficient (Wildman–Crippen LogP) is 4.64. The Kier molecular flexibility index (Phi) is 6.32. The van der Waals surface area contributed by atoms with Crippen molar-refractivity contribution in [2.45, 2.75) is 51.5 Å². The van der Waals surface area contributed by atoms with E-state index in [4.69, 9.17) is 9.47 Å². The molecule has 2 aliphatic rings. The predicted molar refractivity (Wildman–Crippen MR) is 119 cm³/mol. The Labute approximate surface area is 182 Å².